The molecule has 1 aliphatic carbocycles. The molecule has 1 aliphatic heterocycles. The third-order valence-corrected chi connectivity index (χ3v) is 7.58. The number of unbranched alkanes of at least 4 members (excludes halogenated alkanes) is 2. The minimum absolute atomic E-state index is 0.296. The number of aliphatic imine (C=N–C) groups is 1. The summed E-state index contributed by atoms with van der Waals surface area (Å²) in [6.07, 6.45) is 11.0. The highest BCUT2D eigenvalue weighted by Crippen LogP contribution is 2.30. The highest BCUT2D eigenvalue weighted by molar-refractivity contribution is 6.02. The molecule has 2 aliphatic rings. The molecule has 0 radical (unpaired) electrons. The van der Waals surface area contributed by atoms with Crippen molar-refractivity contribution >= 4 is 5.84 Å². The van der Waals surface area contributed by atoms with Gasteiger partial charge in [0.15, 0.2) is 0 Å². The van der Waals surface area contributed by atoms with Crippen LogP contribution in [0.5, 0.6) is 5.75 Å². The summed E-state index contributed by atoms with van der Waals surface area (Å²) in [6, 6.07) is 6.98. The molecule has 0 saturated heterocycles. The molecule has 4 heteroatoms. The van der Waals surface area contributed by atoms with Crippen LogP contribution in [-0.2, 0) is 4.74 Å². The Hall–Kier alpha value is -2.77. The zero-order chi connectivity index (χ0) is 27.7. The van der Waals surface area contributed by atoms with Gasteiger partial charge in [-0.15, -0.1) is 0 Å². The van der Waals surface area contributed by atoms with Crippen molar-refractivity contribution in [3.63, 3.8) is 0 Å². The Morgan fingerprint density at radius 2 is 1.87 bits per heavy atom. The first-order chi connectivity index (χ1) is 18.3. The molecule has 3 rings (SSSR count). The topological polar surface area (TPSA) is 34.1 Å². The standard InChI is InChI=1S/C34H48N2O2/c1-9-11-12-16-30(14-10-2)36-22-29(23-38-33-21-28(24(3)4)19-18-26(33)6)27(7)35-34(36)31-20-25(5)15-13-17-32(31)37-8/h15,18-21,24,30,32H,9-12,14,16,22-23H2,1-8H3. The normalized spacial score (nSPS) is 18.4. The molecule has 38 heavy (non-hydrogen) atoms. The van der Waals surface area contributed by atoms with Crippen LogP contribution in [0.25, 0.3) is 0 Å². The molecule has 1 heterocycles. The van der Waals surface area contributed by atoms with Crippen LogP contribution in [0.4, 0.5) is 0 Å². The van der Waals surface area contributed by atoms with Crippen LogP contribution < -0.4 is 4.74 Å². The Morgan fingerprint density at radius 1 is 1.08 bits per heavy atom. The summed E-state index contributed by atoms with van der Waals surface area (Å²) in [5.41, 5.74) is 6.93. The Labute approximate surface area is 231 Å². The molecular formula is C34H48N2O2. The first kappa shape index (κ1) is 29.8. The summed E-state index contributed by atoms with van der Waals surface area (Å²) in [5.74, 6) is 8.88. The van der Waals surface area contributed by atoms with Gasteiger partial charge < -0.3 is 14.4 Å². The van der Waals surface area contributed by atoms with Crippen molar-refractivity contribution in [2.45, 2.75) is 105 Å². The van der Waals surface area contributed by atoms with Gasteiger partial charge in [0.25, 0.3) is 0 Å². The van der Waals surface area contributed by atoms with Gasteiger partial charge >= 0.3 is 0 Å². The summed E-state index contributed by atoms with van der Waals surface area (Å²) in [6.45, 7) is 16.7. The molecule has 0 fully saturated rings. The fraction of sp³-hybridized carbons (Fsp3) is 0.559. The minimum Gasteiger partial charge on any atom is -0.489 e. The number of rotatable bonds is 13. The molecule has 0 amide bonds. The van der Waals surface area contributed by atoms with Crippen LogP contribution in [0.2, 0.25) is 0 Å². The first-order valence-corrected chi connectivity index (χ1v) is 14.5. The minimum atomic E-state index is -0.296. The number of hydrogen-bond acceptors (Lipinski definition) is 4. The van der Waals surface area contributed by atoms with Crippen LogP contribution in [0, 0.1) is 18.8 Å². The van der Waals surface area contributed by atoms with Gasteiger partial charge in [-0.1, -0.05) is 77.4 Å². The Morgan fingerprint density at radius 3 is 2.55 bits per heavy atom. The highest BCUT2D eigenvalue weighted by atomic mass is 16.5. The molecule has 1 aromatic rings. The fourth-order valence-electron chi connectivity index (χ4n) is 5.13. The number of ether oxygens (including phenoxy) is 2. The van der Waals surface area contributed by atoms with Crippen LogP contribution in [0.3, 0.4) is 0 Å². The van der Waals surface area contributed by atoms with Gasteiger partial charge in [0, 0.05) is 36.5 Å². The van der Waals surface area contributed by atoms with Crippen LogP contribution in [0.15, 0.2) is 57.8 Å². The molecule has 0 N–H and O–H groups in total. The van der Waals surface area contributed by atoms with Crippen molar-refractivity contribution in [1.29, 1.82) is 0 Å². The second kappa shape index (κ2) is 14.4. The number of nitrogens with zero attached hydrogens (tertiary/aromatic N) is 2. The molecule has 0 bridgehead atoms. The van der Waals surface area contributed by atoms with E-state index in [1.54, 1.807) is 7.11 Å². The fourth-order valence-corrected chi connectivity index (χ4v) is 5.13. The van der Waals surface area contributed by atoms with Crippen molar-refractivity contribution in [3.05, 3.63) is 63.9 Å². The van der Waals surface area contributed by atoms with Crippen LogP contribution in [-0.4, -0.2) is 43.1 Å². The lowest BCUT2D eigenvalue weighted by atomic mass is 9.96. The van der Waals surface area contributed by atoms with E-state index in [9.17, 15) is 0 Å². The quantitative estimate of drug-likeness (QED) is 0.196. The lowest BCUT2D eigenvalue weighted by Crippen LogP contribution is -2.46. The predicted octanol–water partition coefficient (Wildman–Crippen LogP) is 8.14. The number of hydrogen-bond donors (Lipinski definition) is 0. The van der Waals surface area contributed by atoms with Crippen LogP contribution in [0.1, 0.15) is 97.1 Å². The van der Waals surface area contributed by atoms with Gasteiger partial charge in [0.2, 0.25) is 0 Å². The largest absolute Gasteiger partial charge is 0.489 e. The number of amidine groups is 1. The molecule has 1 aromatic carbocycles. The summed E-state index contributed by atoms with van der Waals surface area (Å²) >= 11 is 0. The van der Waals surface area contributed by atoms with E-state index in [0.29, 0.717) is 18.6 Å². The first-order valence-electron chi connectivity index (χ1n) is 14.5. The van der Waals surface area contributed by atoms with Crippen LogP contribution >= 0.6 is 0 Å². The van der Waals surface area contributed by atoms with E-state index in [0.717, 1.165) is 54.2 Å². The van der Waals surface area contributed by atoms with Crippen molar-refractivity contribution in [2.24, 2.45) is 4.99 Å². The smallest absolute Gasteiger partial charge is 0.146 e. The maximum Gasteiger partial charge on any atom is 0.146 e. The number of methoxy groups -OCH3 is 1. The Bertz CT molecular complexity index is 1140. The number of allylic oxidation sites excluding steroid dienone is 4. The van der Waals surface area contributed by atoms with E-state index in [4.69, 9.17) is 14.5 Å². The van der Waals surface area contributed by atoms with E-state index in [1.165, 1.54) is 36.0 Å². The molecule has 0 spiro atoms. The summed E-state index contributed by atoms with van der Waals surface area (Å²) in [5, 5.41) is 0. The average molecular weight is 517 g/mol. The van der Waals surface area contributed by atoms with Gasteiger partial charge in [0.1, 0.15) is 24.3 Å². The molecule has 0 aromatic heterocycles. The molecule has 4 nitrogen and oxygen atoms in total. The third-order valence-electron chi connectivity index (χ3n) is 7.58. The van der Waals surface area contributed by atoms with E-state index >= 15 is 0 Å². The van der Waals surface area contributed by atoms with Crippen molar-refractivity contribution in [2.75, 3.05) is 20.3 Å². The van der Waals surface area contributed by atoms with E-state index in [-0.39, 0.29) is 6.10 Å². The average Bonchev–Trinajstić information content (AvgIpc) is 3.08. The van der Waals surface area contributed by atoms with E-state index in [1.807, 2.05) is 6.08 Å². The maximum absolute atomic E-state index is 6.46. The molecule has 0 saturated carbocycles. The van der Waals surface area contributed by atoms with Gasteiger partial charge in [-0.05, 0) is 74.4 Å². The zero-order valence-electron chi connectivity index (χ0n) is 25.0. The number of aryl methyl sites for hydroxylation is 1. The Kier molecular flexibility index (Phi) is 11.3. The lowest BCUT2D eigenvalue weighted by Gasteiger charge is -2.39. The molecular weight excluding hydrogens is 468 g/mol. The zero-order valence-corrected chi connectivity index (χ0v) is 25.0. The maximum atomic E-state index is 6.46. The second-order valence-corrected chi connectivity index (χ2v) is 11.1. The SMILES string of the molecule is CCCCCC(CCC)N1CC(COc2cc(C(C)C)ccc2C)=C(C)N=C1C1=CC(C)=CC#CC1OC. The Balaban J connectivity index is 1.99. The van der Waals surface area contributed by atoms with E-state index < -0.39 is 0 Å². The van der Waals surface area contributed by atoms with Gasteiger partial charge in [-0.3, -0.25) is 0 Å². The summed E-state index contributed by atoms with van der Waals surface area (Å²) in [7, 11) is 1.74. The van der Waals surface area contributed by atoms with Crippen molar-refractivity contribution < 1.29 is 9.47 Å². The van der Waals surface area contributed by atoms with Crippen molar-refractivity contribution in [3.8, 4) is 17.6 Å². The predicted molar refractivity (Wildman–Crippen MR) is 161 cm³/mol. The molecule has 2 unspecified atom stereocenters. The van der Waals surface area contributed by atoms with Gasteiger partial charge in [0.05, 0.1) is 0 Å². The lowest BCUT2D eigenvalue weighted by molar-refractivity contribution is 0.176. The van der Waals surface area contributed by atoms with E-state index in [2.05, 4.69) is 89.5 Å². The number of benzene rings is 1. The molecule has 206 valence electrons. The second-order valence-electron chi connectivity index (χ2n) is 11.1. The van der Waals surface area contributed by atoms with Gasteiger partial charge in [-0.2, -0.15) is 0 Å². The highest BCUT2D eigenvalue weighted by Gasteiger charge is 2.32. The van der Waals surface area contributed by atoms with Gasteiger partial charge in [-0.25, -0.2) is 4.99 Å². The monoisotopic (exact) mass is 516 g/mol. The van der Waals surface area contributed by atoms with Crippen molar-refractivity contribution in [1.82, 2.24) is 4.90 Å². The summed E-state index contributed by atoms with van der Waals surface area (Å²) < 4.78 is 12.3. The summed E-state index contributed by atoms with van der Waals surface area (Å²) in [4.78, 5) is 7.78. The third kappa shape index (κ3) is 7.64. The molecule has 2 atom stereocenters.